The molecule has 1 unspecified atom stereocenters. The van der Waals surface area contributed by atoms with Crippen molar-refractivity contribution in [2.75, 3.05) is 31.1 Å². The van der Waals surface area contributed by atoms with Crippen molar-refractivity contribution >= 4 is 16.7 Å². The molecule has 0 bridgehead atoms. The number of hydrogen-bond acceptors (Lipinski definition) is 3. The summed E-state index contributed by atoms with van der Waals surface area (Å²) in [5.74, 6) is 0.199. The lowest BCUT2D eigenvalue weighted by Crippen LogP contribution is -2.40. The maximum absolute atomic E-state index is 11.7. The Kier molecular flexibility index (Phi) is 7.31. The quantitative estimate of drug-likeness (QED) is 0.635. The molecule has 1 atom stereocenters. The van der Waals surface area contributed by atoms with Crippen LogP contribution in [-0.4, -0.2) is 47.4 Å². The molecule has 8 heteroatoms. The summed E-state index contributed by atoms with van der Waals surface area (Å²) < 4.78 is 46.0. The Morgan fingerprint density at radius 3 is 2.50 bits per heavy atom. The smallest absolute Gasteiger partial charge is 0.346 e. The molecule has 0 aromatic heterocycles. The van der Waals surface area contributed by atoms with E-state index in [0.29, 0.717) is 18.1 Å². The van der Waals surface area contributed by atoms with Crippen LogP contribution in [0.25, 0.3) is 0 Å². The molecular weight excluding hydrogens is 245 g/mol. The summed E-state index contributed by atoms with van der Waals surface area (Å²) in [6.45, 7) is 0.595. The zero-order chi connectivity index (χ0) is 12.6. The van der Waals surface area contributed by atoms with Gasteiger partial charge in [0.1, 0.15) is 6.54 Å². The van der Waals surface area contributed by atoms with E-state index in [9.17, 15) is 22.2 Å². The number of alkyl halides is 3. The lowest BCUT2D eigenvalue weighted by molar-refractivity contribution is -0.137. The van der Waals surface area contributed by atoms with Gasteiger partial charge in [-0.1, -0.05) is 6.92 Å². The van der Waals surface area contributed by atoms with Crippen molar-refractivity contribution in [3.63, 3.8) is 0 Å². The lowest BCUT2D eigenvalue weighted by Gasteiger charge is -2.08. The van der Waals surface area contributed by atoms with Gasteiger partial charge in [0.05, 0.1) is 6.54 Å². The van der Waals surface area contributed by atoms with Gasteiger partial charge in [-0.25, -0.2) is 0 Å². The summed E-state index contributed by atoms with van der Waals surface area (Å²) in [5, 5.41) is 4.34. The van der Waals surface area contributed by atoms with Gasteiger partial charge in [-0.15, -0.1) is 0 Å². The number of halogens is 3. The van der Waals surface area contributed by atoms with Crippen molar-refractivity contribution in [3.05, 3.63) is 0 Å². The molecule has 0 aliphatic heterocycles. The van der Waals surface area contributed by atoms with E-state index in [0.717, 1.165) is 0 Å². The minimum absolute atomic E-state index is 0.197. The maximum atomic E-state index is 11.7. The molecule has 0 fully saturated rings. The Morgan fingerprint density at radius 1 is 1.38 bits per heavy atom. The average Bonchev–Trinajstić information content (AvgIpc) is 2.20. The Hall–Kier alpha value is -0.630. The van der Waals surface area contributed by atoms with Gasteiger partial charge >= 0.3 is 6.18 Å². The van der Waals surface area contributed by atoms with E-state index < -0.39 is 29.4 Å². The van der Waals surface area contributed by atoms with E-state index in [1.54, 1.807) is 12.2 Å². The third-order valence-electron chi connectivity index (χ3n) is 1.60. The highest BCUT2D eigenvalue weighted by Gasteiger charge is 2.27. The van der Waals surface area contributed by atoms with Gasteiger partial charge in [0.2, 0.25) is 5.91 Å². The van der Waals surface area contributed by atoms with Crippen molar-refractivity contribution < 1.29 is 22.2 Å². The van der Waals surface area contributed by atoms with Crippen LogP contribution >= 0.6 is 0 Å². The number of carbonyl (C=O) groups is 1. The molecule has 4 nitrogen and oxygen atoms in total. The fourth-order valence-electron chi connectivity index (χ4n) is 0.794. The Morgan fingerprint density at radius 2 is 2.00 bits per heavy atom. The summed E-state index contributed by atoms with van der Waals surface area (Å²) in [5.41, 5.74) is 0. The zero-order valence-electron chi connectivity index (χ0n) is 8.89. The van der Waals surface area contributed by atoms with Crippen LogP contribution in [0, 0.1) is 0 Å². The minimum Gasteiger partial charge on any atom is -0.346 e. The van der Waals surface area contributed by atoms with E-state index in [1.807, 2.05) is 0 Å². The topological polar surface area (TPSA) is 58.2 Å². The lowest BCUT2D eigenvalue weighted by atomic mass is 10.5. The van der Waals surface area contributed by atoms with Crippen LogP contribution < -0.4 is 10.6 Å². The molecule has 16 heavy (non-hydrogen) atoms. The second-order valence-electron chi connectivity index (χ2n) is 3.00. The molecule has 0 saturated carbocycles. The van der Waals surface area contributed by atoms with Crippen molar-refractivity contribution in [2.24, 2.45) is 0 Å². The second kappa shape index (κ2) is 7.61. The first kappa shape index (κ1) is 15.4. The SMILES string of the molecule is CCS(=O)CCNCC(=O)NCC(F)(F)F. The van der Waals surface area contributed by atoms with Gasteiger partial charge in [0.15, 0.2) is 0 Å². The van der Waals surface area contributed by atoms with Gasteiger partial charge in [0, 0.05) is 28.9 Å². The first-order valence-electron chi connectivity index (χ1n) is 4.74. The van der Waals surface area contributed by atoms with Gasteiger partial charge in [0.25, 0.3) is 0 Å². The second-order valence-corrected chi connectivity index (χ2v) is 4.87. The summed E-state index contributed by atoms with van der Waals surface area (Å²) in [6, 6.07) is 0. The fourth-order valence-corrected chi connectivity index (χ4v) is 1.45. The minimum atomic E-state index is -4.39. The molecule has 0 heterocycles. The molecule has 0 rings (SSSR count). The van der Waals surface area contributed by atoms with E-state index in [-0.39, 0.29) is 6.54 Å². The standard InChI is InChI=1S/C8H15F3N2O2S/c1-2-16(15)4-3-12-5-7(14)13-6-8(9,10)11/h12H,2-6H2,1H3,(H,13,14). The van der Waals surface area contributed by atoms with Crippen molar-refractivity contribution in [3.8, 4) is 0 Å². The van der Waals surface area contributed by atoms with Crippen LogP contribution in [0.4, 0.5) is 13.2 Å². The molecule has 1 amide bonds. The molecule has 0 aliphatic rings. The average molecular weight is 260 g/mol. The monoisotopic (exact) mass is 260 g/mol. The molecule has 0 aromatic carbocycles. The van der Waals surface area contributed by atoms with Crippen molar-refractivity contribution in [2.45, 2.75) is 13.1 Å². The van der Waals surface area contributed by atoms with Gasteiger partial charge in [-0.3, -0.25) is 9.00 Å². The van der Waals surface area contributed by atoms with Gasteiger partial charge in [-0.2, -0.15) is 13.2 Å². The molecule has 0 radical (unpaired) electrons. The largest absolute Gasteiger partial charge is 0.405 e. The Balaban J connectivity index is 3.48. The third-order valence-corrected chi connectivity index (χ3v) is 2.90. The molecule has 0 aromatic rings. The van der Waals surface area contributed by atoms with Crippen molar-refractivity contribution in [1.29, 1.82) is 0 Å². The fraction of sp³-hybridized carbons (Fsp3) is 0.875. The normalized spacial score (nSPS) is 13.5. The van der Waals surface area contributed by atoms with Crippen LogP contribution in [0.15, 0.2) is 0 Å². The van der Waals surface area contributed by atoms with E-state index in [2.05, 4.69) is 5.32 Å². The molecule has 0 aliphatic carbocycles. The highest BCUT2D eigenvalue weighted by atomic mass is 32.2. The van der Waals surface area contributed by atoms with Crippen LogP contribution in [-0.2, 0) is 15.6 Å². The van der Waals surface area contributed by atoms with E-state index >= 15 is 0 Å². The first-order valence-corrected chi connectivity index (χ1v) is 6.23. The van der Waals surface area contributed by atoms with Crippen molar-refractivity contribution in [1.82, 2.24) is 10.6 Å². The number of rotatable bonds is 7. The number of carbonyl (C=O) groups excluding carboxylic acids is 1. The summed E-state index contributed by atoms with van der Waals surface area (Å²) >= 11 is 0. The molecular formula is C8H15F3N2O2S. The summed E-state index contributed by atoms with van der Waals surface area (Å²) in [4.78, 5) is 10.9. The number of amides is 1. The van der Waals surface area contributed by atoms with E-state index in [1.165, 1.54) is 0 Å². The van der Waals surface area contributed by atoms with Crippen LogP contribution in [0.3, 0.4) is 0 Å². The van der Waals surface area contributed by atoms with Gasteiger partial charge < -0.3 is 10.6 Å². The predicted molar refractivity (Wildman–Crippen MR) is 55.5 cm³/mol. The van der Waals surface area contributed by atoms with Crippen LogP contribution in [0.1, 0.15) is 6.92 Å². The highest BCUT2D eigenvalue weighted by Crippen LogP contribution is 2.11. The van der Waals surface area contributed by atoms with Crippen LogP contribution in [0.2, 0.25) is 0 Å². The highest BCUT2D eigenvalue weighted by molar-refractivity contribution is 7.84. The first-order chi connectivity index (χ1) is 7.35. The van der Waals surface area contributed by atoms with Gasteiger partial charge in [-0.05, 0) is 0 Å². The maximum Gasteiger partial charge on any atom is 0.405 e. The van der Waals surface area contributed by atoms with Crippen LogP contribution in [0.5, 0.6) is 0 Å². The Labute approximate surface area is 94.4 Å². The van der Waals surface area contributed by atoms with E-state index in [4.69, 9.17) is 0 Å². The molecule has 96 valence electrons. The molecule has 2 N–H and O–H groups in total. The molecule has 0 saturated heterocycles. The summed E-state index contributed by atoms with van der Waals surface area (Å²) in [7, 11) is -0.934. The zero-order valence-corrected chi connectivity index (χ0v) is 9.71. The Bertz CT molecular complexity index is 246. The summed E-state index contributed by atoms with van der Waals surface area (Å²) in [6.07, 6.45) is -4.39. The third kappa shape index (κ3) is 9.91. The molecule has 0 spiro atoms. The number of nitrogens with one attached hydrogen (secondary N) is 2. The predicted octanol–water partition coefficient (Wildman–Crippen LogP) is 0.0231. The number of hydrogen-bond donors (Lipinski definition) is 2.